The van der Waals surface area contributed by atoms with Gasteiger partial charge in [-0.3, -0.25) is 14.6 Å². The molecule has 0 unspecified atom stereocenters. The number of aliphatic imine (C=N–C) groups is 1. The molecule has 4 aromatic rings. The molecule has 0 radical (unpaired) electrons. The van der Waals surface area contributed by atoms with E-state index in [1.807, 2.05) is 81.6 Å². The van der Waals surface area contributed by atoms with Crippen LogP contribution in [0.25, 0.3) is 0 Å². The van der Waals surface area contributed by atoms with Crippen molar-refractivity contribution in [2.24, 2.45) is 16.8 Å². The van der Waals surface area contributed by atoms with Gasteiger partial charge in [0.25, 0.3) is 0 Å². The second-order valence-corrected chi connectivity index (χ2v) is 11.0. The van der Waals surface area contributed by atoms with Crippen LogP contribution in [0.1, 0.15) is 44.9 Å². The normalized spacial score (nSPS) is 25.0. The Labute approximate surface area is 222 Å². The number of hydrogen-bond donors (Lipinski definition) is 0. The van der Waals surface area contributed by atoms with Crippen LogP contribution in [-0.4, -0.2) is 18.0 Å². The zero-order valence-electron chi connectivity index (χ0n) is 21.7. The number of nitrogens with zero attached hydrogens (tertiary/aromatic N) is 2. The van der Waals surface area contributed by atoms with Crippen LogP contribution in [0.5, 0.6) is 0 Å². The van der Waals surface area contributed by atoms with Crippen molar-refractivity contribution in [1.82, 2.24) is 0 Å². The number of anilines is 1. The van der Waals surface area contributed by atoms with E-state index in [1.54, 1.807) is 0 Å². The molecule has 0 N–H and O–H groups in total. The van der Waals surface area contributed by atoms with E-state index in [0.717, 1.165) is 44.6 Å². The molecule has 5 aliphatic carbocycles. The zero-order chi connectivity index (χ0) is 26.2. The third-order valence-corrected chi connectivity index (χ3v) is 8.70. The highest BCUT2D eigenvalue weighted by Gasteiger charge is 2.65. The Bertz CT molecular complexity index is 1670. The fraction of sp³-hybridized carbons (Fsp3) is 0.206. The van der Waals surface area contributed by atoms with E-state index in [2.05, 4.69) is 36.4 Å². The van der Waals surface area contributed by atoms with E-state index in [4.69, 9.17) is 4.99 Å². The van der Waals surface area contributed by atoms with Gasteiger partial charge in [-0.05, 0) is 72.4 Å². The maximum atomic E-state index is 14.6. The summed E-state index contributed by atoms with van der Waals surface area (Å²) in [6.45, 7) is 6.04. The van der Waals surface area contributed by atoms with Crippen molar-refractivity contribution in [3.8, 4) is 0 Å². The molecule has 0 spiro atoms. The van der Waals surface area contributed by atoms with E-state index in [1.165, 1.54) is 4.90 Å². The molecule has 38 heavy (non-hydrogen) atoms. The maximum Gasteiger partial charge on any atom is 0.239 e. The first kappa shape index (κ1) is 22.9. The molecule has 1 heterocycles. The number of aryl methyl sites for hydroxylation is 3. The molecule has 4 bridgehead atoms. The molecule has 10 rings (SSSR count). The average Bonchev–Trinajstić information content (AvgIpc) is 3.15. The molecule has 6 aliphatic rings. The van der Waals surface area contributed by atoms with Crippen LogP contribution in [-0.2, 0) is 15.0 Å². The Kier molecular flexibility index (Phi) is 4.87. The van der Waals surface area contributed by atoms with Gasteiger partial charge >= 0.3 is 0 Å². The summed E-state index contributed by atoms with van der Waals surface area (Å²) in [5.74, 6) is -1.57. The van der Waals surface area contributed by atoms with Crippen LogP contribution >= 0.6 is 0 Å². The quantitative estimate of drug-likeness (QED) is 0.238. The van der Waals surface area contributed by atoms with Gasteiger partial charge < -0.3 is 0 Å². The number of hydrogen-bond acceptors (Lipinski definition) is 3. The molecule has 1 fully saturated rings. The van der Waals surface area contributed by atoms with Gasteiger partial charge in [0.1, 0.15) is 0 Å². The second-order valence-electron chi connectivity index (χ2n) is 11.0. The second kappa shape index (κ2) is 8.09. The molecule has 4 heteroatoms. The summed E-state index contributed by atoms with van der Waals surface area (Å²) in [7, 11) is 0. The number of rotatable bonds is 3. The highest BCUT2D eigenvalue weighted by atomic mass is 16.2. The molecular weight excluding hydrogens is 468 g/mol. The van der Waals surface area contributed by atoms with Crippen LogP contribution in [0.3, 0.4) is 0 Å². The summed E-state index contributed by atoms with van der Waals surface area (Å²) in [6.07, 6.45) is 1.95. The molecule has 4 atom stereocenters. The van der Waals surface area contributed by atoms with Gasteiger partial charge in [0, 0.05) is 12.1 Å². The Morgan fingerprint density at radius 3 is 2.32 bits per heavy atom. The van der Waals surface area contributed by atoms with E-state index in [9.17, 15) is 9.59 Å². The van der Waals surface area contributed by atoms with Crippen molar-refractivity contribution in [2.75, 3.05) is 4.90 Å². The number of benzene rings is 4. The average molecular weight is 497 g/mol. The van der Waals surface area contributed by atoms with Gasteiger partial charge in [0.15, 0.2) is 0 Å². The fourth-order valence-corrected chi connectivity index (χ4v) is 7.10. The molecule has 0 saturated carbocycles. The van der Waals surface area contributed by atoms with Crippen molar-refractivity contribution >= 4 is 29.4 Å². The summed E-state index contributed by atoms with van der Waals surface area (Å²) in [5.41, 5.74) is 8.00. The Balaban J connectivity index is 1.52. The minimum Gasteiger partial charge on any atom is -0.274 e. The first-order valence-corrected chi connectivity index (χ1v) is 13.2. The largest absolute Gasteiger partial charge is 0.274 e. The van der Waals surface area contributed by atoms with Crippen molar-refractivity contribution in [3.05, 3.63) is 130 Å². The van der Waals surface area contributed by atoms with Gasteiger partial charge in [-0.2, -0.15) is 0 Å². The lowest BCUT2D eigenvalue weighted by atomic mass is 9.52. The third-order valence-electron chi connectivity index (χ3n) is 8.70. The molecule has 2 amide bonds. The molecule has 4 nitrogen and oxygen atoms in total. The van der Waals surface area contributed by atoms with Crippen molar-refractivity contribution in [1.29, 1.82) is 0 Å². The summed E-state index contributed by atoms with van der Waals surface area (Å²) < 4.78 is 0. The Hall–Kier alpha value is -4.31. The van der Waals surface area contributed by atoms with Gasteiger partial charge in [0.2, 0.25) is 11.8 Å². The topological polar surface area (TPSA) is 49.7 Å². The highest BCUT2D eigenvalue weighted by molar-refractivity contribution is 6.25. The van der Waals surface area contributed by atoms with E-state index >= 15 is 0 Å². The number of amides is 2. The molecule has 0 aromatic heterocycles. The van der Waals surface area contributed by atoms with Crippen molar-refractivity contribution < 1.29 is 9.59 Å². The lowest BCUT2D eigenvalue weighted by Gasteiger charge is -2.48. The van der Waals surface area contributed by atoms with Gasteiger partial charge in [0.05, 0.1) is 28.6 Å². The van der Waals surface area contributed by atoms with Crippen LogP contribution in [0, 0.1) is 32.6 Å². The van der Waals surface area contributed by atoms with Crippen LogP contribution in [0.2, 0.25) is 0 Å². The van der Waals surface area contributed by atoms with E-state index < -0.39 is 17.3 Å². The molecule has 1 aliphatic heterocycles. The standard InChI is InChI=1S/C34H28N2O2/c1-20-7-6-8-25(18-20)35-19-34-24-14-12-23(13-15-24)29(26-9-4-5-10-27(26)34)30-31(34)33(38)36(32(30)37)28-16-11-21(2)17-22(28)3/h4-19,29-31H,1-3H3/t29-,30+,31+,34+/m0/s1. The van der Waals surface area contributed by atoms with Crippen LogP contribution in [0.4, 0.5) is 11.4 Å². The zero-order valence-corrected chi connectivity index (χ0v) is 21.7. The predicted octanol–water partition coefficient (Wildman–Crippen LogP) is 6.57. The highest BCUT2D eigenvalue weighted by Crippen LogP contribution is 2.60. The molecule has 186 valence electrons. The lowest BCUT2D eigenvalue weighted by Crippen LogP contribution is -2.51. The third kappa shape index (κ3) is 3.00. The van der Waals surface area contributed by atoms with Crippen LogP contribution in [0.15, 0.2) is 96.0 Å². The van der Waals surface area contributed by atoms with Crippen molar-refractivity contribution in [2.45, 2.75) is 32.1 Å². The monoisotopic (exact) mass is 496 g/mol. The smallest absolute Gasteiger partial charge is 0.239 e. The number of carbonyl (C=O) groups excluding carboxylic acids is 2. The van der Waals surface area contributed by atoms with Gasteiger partial charge in [-0.15, -0.1) is 0 Å². The summed E-state index contributed by atoms with van der Waals surface area (Å²) in [4.78, 5) is 35.4. The summed E-state index contributed by atoms with van der Waals surface area (Å²) >= 11 is 0. The molecular formula is C34H28N2O2. The van der Waals surface area contributed by atoms with E-state index in [-0.39, 0.29) is 17.7 Å². The van der Waals surface area contributed by atoms with Gasteiger partial charge in [-0.25, -0.2) is 4.90 Å². The maximum absolute atomic E-state index is 14.6. The Morgan fingerprint density at radius 1 is 0.789 bits per heavy atom. The first-order chi connectivity index (χ1) is 18.4. The van der Waals surface area contributed by atoms with Gasteiger partial charge in [-0.1, -0.05) is 78.4 Å². The number of carbonyl (C=O) groups is 2. The molecule has 1 saturated heterocycles. The minimum absolute atomic E-state index is 0.123. The lowest BCUT2D eigenvalue weighted by molar-refractivity contribution is -0.122. The minimum atomic E-state index is -0.874. The summed E-state index contributed by atoms with van der Waals surface area (Å²) in [6, 6.07) is 30.8. The first-order valence-electron chi connectivity index (χ1n) is 13.2. The Morgan fingerprint density at radius 2 is 1.55 bits per heavy atom. The van der Waals surface area contributed by atoms with Crippen LogP contribution < -0.4 is 4.90 Å². The van der Waals surface area contributed by atoms with E-state index in [0.29, 0.717) is 5.69 Å². The number of imide groups is 1. The van der Waals surface area contributed by atoms with Crippen molar-refractivity contribution in [3.63, 3.8) is 0 Å². The predicted molar refractivity (Wildman–Crippen MR) is 150 cm³/mol. The SMILES string of the molecule is Cc1cccc(N=C[C@@]23c4ccc(cc4)[C@@H](c4ccccc42)[C@H]2C(=O)N(c4ccc(C)cc4C)C(=O)[C@@H]23)c1. The summed E-state index contributed by atoms with van der Waals surface area (Å²) in [5, 5.41) is 0. The molecule has 4 aromatic carbocycles. The fourth-order valence-electron chi connectivity index (χ4n) is 7.10.